The number of benzene rings is 2. The van der Waals surface area contributed by atoms with Crippen molar-refractivity contribution in [2.24, 2.45) is 0 Å². The highest BCUT2D eigenvalue weighted by Gasteiger charge is 2.34. The molecule has 7 nitrogen and oxygen atoms in total. The van der Waals surface area contributed by atoms with E-state index in [-0.39, 0.29) is 23.1 Å². The van der Waals surface area contributed by atoms with E-state index in [9.17, 15) is 32.7 Å². The Morgan fingerprint density at radius 1 is 1.12 bits per heavy atom. The largest absolute Gasteiger partial charge is 0.484 e. The fraction of sp³-hybridized carbons (Fsp3) is 0.174. The number of fused-ring (bicyclic) bond motifs is 2. The van der Waals surface area contributed by atoms with Crippen LogP contribution in [0.25, 0.3) is 21.1 Å². The standard InChI is InChI=1S/C23H16F3NO6S/c24-23(25,26)16-9-21(29)33-18-8-13(5-6-15(16)18)32-10-20(28)27-17(22(30)31)7-12-11-34-19-4-2-1-3-14(12)19/h1-6,8-9,11,17H,7,10H2,(H,27,28)(H,30,31)/t17-/m0/s1. The molecule has 176 valence electrons. The zero-order chi connectivity index (χ0) is 24.5. The zero-order valence-corrected chi connectivity index (χ0v) is 18.0. The first kappa shape index (κ1) is 23.3. The van der Waals surface area contributed by atoms with Crippen molar-refractivity contribution in [3.63, 3.8) is 0 Å². The molecule has 0 saturated carbocycles. The van der Waals surface area contributed by atoms with Crippen molar-refractivity contribution >= 4 is 44.3 Å². The second kappa shape index (κ2) is 9.18. The van der Waals surface area contributed by atoms with Gasteiger partial charge >= 0.3 is 17.8 Å². The number of amides is 1. The minimum Gasteiger partial charge on any atom is -0.484 e. The number of carbonyl (C=O) groups excluding carboxylic acids is 1. The molecular weight excluding hydrogens is 475 g/mol. The van der Waals surface area contributed by atoms with Gasteiger partial charge in [-0.1, -0.05) is 18.2 Å². The summed E-state index contributed by atoms with van der Waals surface area (Å²) in [5.74, 6) is -1.99. The van der Waals surface area contributed by atoms with E-state index in [1.54, 1.807) is 0 Å². The molecule has 34 heavy (non-hydrogen) atoms. The molecule has 2 aromatic heterocycles. The van der Waals surface area contributed by atoms with E-state index in [1.165, 1.54) is 17.4 Å². The van der Waals surface area contributed by atoms with Gasteiger partial charge in [0.1, 0.15) is 17.4 Å². The van der Waals surface area contributed by atoms with Crippen molar-refractivity contribution in [2.45, 2.75) is 18.6 Å². The van der Waals surface area contributed by atoms with Crippen molar-refractivity contribution in [3.8, 4) is 5.75 Å². The van der Waals surface area contributed by atoms with Crippen LogP contribution in [0.3, 0.4) is 0 Å². The summed E-state index contributed by atoms with van der Waals surface area (Å²) in [5.41, 5.74) is -1.90. The third kappa shape index (κ3) is 5.04. The van der Waals surface area contributed by atoms with E-state index >= 15 is 0 Å². The number of hydrogen-bond donors (Lipinski definition) is 2. The number of hydrogen-bond acceptors (Lipinski definition) is 6. The number of nitrogens with one attached hydrogen (secondary N) is 1. The number of thiophene rings is 1. The topological polar surface area (TPSA) is 106 Å². The lowest BCUT2D eigenvalue weighted by Gasteiger charge is -2.15. The quantitative estimate of drug-likeness (QED) is 0.375. The highest BCUT2D eigenvalue weighted by Crippen LogP contribution is 2.34. The molecule has 2 heterocycles. The molecule has 0 unspecified atom stereocenters. The van der Waals surface area contributed by atoms with Gasteiger partial charge in [-0.2, -0.15) is 13.2 Å². The molecule has 0 aliphatic rings. The van der Waals surface area contributed by atoms with Crippen LogP contribution in [0.15, 0.2) is 63.1 Å². The number of carboxylic acid groups (broad SMARTS) is 1. The van der Waals surface area contributed by atoms with Crippen molar-refractivity contribution in [1.82, 2.24) is 5.32 Å². The van der Waals surface area contributed by atoms with Crippen LogP contribution in [-0.4, -0.2) is 29.6 Å². The molecule has 0 spiro atoms. The molecular formula is C23H16F3NO6S. The fourth-order valence-corrected chi connectivity index (χ4v) is 4.44. The maximum absolute atomic E-state index is 13.1. The number of rotatable bonds is 7. The summed E-state index contributed by atoms with van der Waals surface area (Å²) in [6.45, 7) is -0.594. The number of carbonyl (C=O) groups is 2. The summed E-state index contributed by atoms with van der Waals surface area (Å²) in [4.78, 5) is 35.5. The van der Waals surface area contributed by atoms with Gasteiger partial charge in [0, 0.05) is 28.6 Å². The average Bonchev–Trinajstić information content (AvgIpc) is 3.18. The summed E-state index contributed by atoms with van der Waals surface area (Å²) in [5, 5.41) is 14.3. The first-order chi connectivity index (χ1) is 16.1. The molecule has 0 bridgehead atoms. The van der Waals surface area contributed by atoms with E-state index in [0.717, 1.165) is 27.8 Å². The van der Waals surface area contributed by atoms with Crippen LogP contribution in [0.4, 0.5) is 13.2 Å². The number of carboxylic acids is 1. The second-order valence-electron chi connectivity index (χ2n) is 7.34. The van der Waals surface area contributed by atoms with Crippen molar-refractivity contribution in [2.75, 3.05) is 6.61 Å². The maximum atomic E-state index is 13.1. The second-order valence-corrected chi connectivity index (χ2v) is 8.25. The molecule has 2 N–H and O–H groups in total. The Balaban J connectivity index is 1.45. The van der Waals surface area contributed by atoms with Crippen LogP contribution in [0.2, 0.25) is 0 Å². The van der Waals surface area contributed by atoms with Crippen LogP contribution in [0.5, 0.6) is 5.75 Å². The van der Waals surface area contributed by atoms with Gasteiger partial charge in [0.05, 0.1) is 5.56 Å². The van der Waals surface area contributed by atoms with Crippen LogP contribution in [-0.2, 0) is 22.2 Å². The van der Waals surface area contributed by atoms with Crippen molar-refractivity contribution < 1.29 is 37.0 Å². The van der Waals surface area contributed by atoms with Crippen LogP contribution in [0.1, 0.15) is 11.1 Å². The first-order valence-electron chi connectivity index (χ1n) is 9.87. The van der Waals surface area contributed by atoms with E-state index < -0.39 is 41.9 Å². The SMILES string of the molecule is O=C(COc1ccc2c(C(F)(F)F)cc(=O)oc2c1)N[C@@H](Cc1csc2ccccc12)C(=O)O. The lowest BCUT2D eigenvalue weighted by atomic mass is 10.1. The van der Waals surface area contributed by atoms with E-state index in [2.05, 4.69) is 5.32 Å². The molecule has 4 aromatic rings. The minimum atomic E-state index is -4.75. The number of halogens is 3. The molecule has 11 heteroatoms. The monoisotopic (exact) mass is 491 g/mol. The summed E-state index contributed by atoms with van der Waals surface area (Å²) in [6, 6.07) is 9.96. The highest BCUT2D eigenvalue weighted by atomic mass is 32.1. The van der Waals surface area contributed by atoms with Crippen LogP contribution in [0, 0.1) is 0 Å². The van der Waals surface area contributed by atoms with Gasteiger partial charge in [-0.3, -0.25) is 4.79 Å². The van der Waals surface area contributed by atoms with Gasteiger partial charge in [-0.25, -0.2) is 9.59 Å². The maximum Gasteiger partial charge on any atom is 0.417 e. The van der Waals surface area contributed by atoms with Gasteiger partial charge in [0.25, 0.3) is 5.91 Å². The summed E-state index contributed by atoms with van der Waals surface area (Å²) >= 11 is 1.47. The third-order valence-electron chi connectivity index (χ3n) is 5.01. The normalized spacial score (nSPS) is 12.6. The zero-order valence-electron chi connectivity index (χ0n) is 17.2. The average molecular weight is 491 g/mol. The Hall–Kier alpha value is -3.86. The van der Waals surface area contributed by atoms with E-state index in [0.29, 0.717) is 6.07 Å². The molecule has 4 rings (SSSR count). The lowest BCUT2D eigenvalue weighted by Crippen LogP contribution is -2.44. The smallest absolute Gasteiger partial charge is 0.417 e. The molecule has 2 aromatic carbocycles. The van der Waals surface area contributed by atoms with Crippen molar-refractivity contribution in [1.29, 1.82) is 0 Å². The van der Waals surface area contributed by atoms with Crippen LogP contribution >= 0.6 is 11.3 Å². The first-order valence-corrected chi connectivity index (χ1v) is 10.7. The molecule has 0 fully saturated rings. The summed E-state index contributed by atoms with van der Waals surface area (Å²) in [7, 11) is 0. The van der Waals surface area contributed by atoms with Gasteiger partial charge in [-0.15, -0.1) is 11.3 Å². The summed E-state index contributed by atoms with van der Waals surface area (Å²) in [6.07, 6.45) is -4.69. The van der Waals surface area contributed by atoms with Crippen molar-refractivity contribution in [3.05, 3.63) is 75.5 Å². The predicted molar refractivity (Wildman–Crippen MR) is 118 cm³/mol. The fourth-order valence-electron chi connectivity index (χ4n) is 3.46. The Morgan fingerprint density at radius 2 is 1.88 bits per heavy atom. The third-order valence-corrected chi connectivity index (χ3v) is 6.02. The summed E-state index contributed by atoms with van der Waals surface area (Å²) < 4.78 is 50.5. The molecule has 1 amide bonds. The number of alkyl halides is 3. The van der Waals surface area contributed by atoms with E-state index in [4.69, 9.17) is 9.15 Å². The van der Waals surface area contributed by atoms with Gasteiger partial charge in [-0.05, 0) is 34.5 Å². The van der Waals surface area contributed by atoms with Crippen LogP contribution < -0.4 is 15.7 Å². The van der Waals surface area contributed by atoms with Gasteiger partial charge < -0.3 is 19.6 Å². The predicted octanol–water partition coefficient (Wildman–Crippen LogP) is 4.22. The Morgan fingerprint density at radius 3 is 2.62 bits per heavy atom. The Labute approximate surface area is 193 Å². The van der Waals surface area contributed by atoms with Gasteiger partial charge in [0.2, 0.25) is 0 Å². The molecule has 1 atom stereocenters. The molecule has 0 saturated heterocycles. The Bertz CT molecular complexity index is 1440. The highest BCUT2D eigenvalue weighted by molar-refractivity contribution is 7.17. The molecule has 0 radical (unpaired) electrons. The lowest BCUT2D eigenvalue weighted by molar-refractivity contribution is -0.142. The Kier molecular flexibility index (Phi) is 6.29. The molecule has 0 aliphatic carbocycles. The minimum absolute atomic E-state index is 0.0270. The number of aliphatic carboxylic acids is 1. The molecule has 0 aliphatic heterocycles. The van der Waals surface area contributed by atoms with Gasteiger partial charge in [0.15, 0.2) is 6.61 Å². The number of ether oxygens (including phenoxy) is 1. The van der Waals surface area contributed by atoms with E-state index in [1.807, 2.05) is 29.6 Å².